The number of alkyl halides is 3. The predicted octanol–water partition coefficient (Wildman–Crippen LogP) is 6.60. The molecule has 0 aromatic heterocycles. The number of carbonyl (C=O) groups excluding carboxylic acids is 1. The fraction of sp³-hybridized carbons (Fsp3) is 0.167. The van der Waals surface area contributed by atoms with Gasteiger partial charge in [0.25, 0.3) is 0 Å². The van der Waals surface area contributed by atoms with Crippen LogP contribution in [0.2, 0.25) is 0 Å². The number of carbonyl (C=O) groups is 1. The number of halogens is 5. The van der Waals surface area contributed by atoms with E-state index in [0.29, 0.717) is 15.5 Å². The molecule has 0 saturated carbocycles. The van der Waals surface area contributed by atoms with E-state index in [-0.39, 0.29) is 11.4 Å². The Hall–Kier alpha value is -2.00. The maximum atomic E-state index is 12.8. The lowest BCUT2D eigenvalue weighted by atomic mass is 10.1. The summed E-state index contributed by atoms with van der Waals surface area (Å²) in [6, 6.07) is 5.67. The molecule has 0 aliphatic heterocycles. The van der Waals surface area contributed by atoms with Crippen LogP contribution in [0.25, 0.3) is 10.8 Å². The normalized spacial score (nSPS) is 13.0. The summed E-state index contributed by atoms with van der Waals surface area (Å²) in [6.45, 7) is 2.62. The number of urea groups is 1. The molecule has 0 unspecified atom stereocenters. The van der Waals surface area contributed by atoms with E-state index in [9.17, 15) is 23.1 Å². The fourth-order valence-corrected chi connectivity index (χ4v) is 3.81. The first-order valence-electron chi connectivity index (χ1n) is 7.63. The molecule has 0 atom stereocenters. The molecule has 0 radical (unpaired) electrons. The summed E-state index contributed by atoms with van der Waals surface area (Å²) < 4.78 is 39.7. The molecular weight excluding hydrogens is 493 g/mol. The molecule has 9 heteroatoms. The maximum Gasteiger partial charge on any atom is 0.416 e. The number of allylic oxidation sites excluding steroid dienone is 4. The van der Waals surface area contributed by atoms with E-state index >= 15 is 0 Å². The van der Waals surface area contributed by atoms with Gasteiger partial charge in [-0.15, -0.1) is 0 Å². The van der Waals surface area contributed by atoms with Crippen molar-refractivity contribution < 1.29 is 23.1 Å². The number of benzene rings is 2. The second-order valence-corrected chi connectivity index (χ2v) is 7.30. The van der Waals surface area contributed by atoms with Crippen LogP contribution in [0.5, 0.6) is 5.75 Å². The Morgan fingerprint density at radius 2 is 1.81 bits per heavy atom. The first kappa shape index (κ1) is 21.3. The van der Waals surface area contributed by atoms with E-state index in [1.807, 2.05) is 0 Å². The van der Waals surface area contributed by atoms with Gasteiger partial charge in [0.15, 0.2) is 0 Å². The Morgan fingerprint density at radius 1 is 1.15 bits per heavy atom. The highest BCUT2D eigenvalue weighted by atomic mass is 79.9. The number of nitrogens with one attached hydrogen (secondary N) is 2. The smallest absolute Gasteiger partial charge is 0.416 e. The Kier molecular flexibility index (Phi) is 6.59. The van der Waals surface area contributed by atoms with Gasteiger partial charge >= 0.3 is 12.2 Å². The summed E-state index contributed by atoms with van der Waals surface area (Å²) in [4.78, 5) is 12.2. The van der Waals surface area contributed by atoms with Crippen molar-refractivity contribution in [3.05, 3.63) is 56.6 Å². The largest absolute Gasteiger partial charge is 0.508 e. The van der Waals surface area contributed by atoms with E-state index in [1.165, 1.54) is 26.0 Å². The monoisotopic (exact) mass is 506 g/mol. The van der Waals surface area contributed by atoms with Gasteiger partial charge in [0.2, 0.25) is 0 Å². The highest BCUT2D eigenvalue weighted by molar-refractivity contribution is 9.11. The Labute approximate surface area is 170 Å². The lowest BCUT2D eigenvalue weighted by molar-refractivity contribution is -0.0884. The second kappa shape index (κ2) is 8.35. The zero-order chi connectivity index (χ0) is 20.4. The van der Waals surface area contributed by atoms with Crippen molar-refractivity contribution in [3.8, 4) is 5.75 Å². The van der Waals surface area contributed by atoms with Gasteiger partial charge < -0.3 is 15.7 Å². The topological polar surface area (TPSA) is 61.4 Å². The van der Waals surface area contributed by atoms with Crippen LogP contribution in [0.15, 0.2) is 56.6 Å². The predicted molar refractivity (Wildman–Crippen MR) is 107 cm³/mol. The van der Waals surface area contributed by atoms with Crippen molar-refractivity contribution in [2.24, 2.45) is 0 Å². The van der Waals surface area contributed by atoms with Crippen molar-refractivity contribution in [3.63, 3.8) is 0 Å². The molecule has 2 aromatic rings. The molecule has 2 rings (SSSR count). The van der Waals surface area contributed by atoms with E-state index < -0.39 is 17.8 Å². The van der Waals surface area contributed by atoms with Gasteiger partial charge in [0.05, 0.1) is 11.3 Å². The van der Waals surface area contributed by atoms with Crippen LogP contribution in [0, 0.1) is 0 Å². The molecule has 144 valence electrons. The van der Waals surface area contributed by atoms with Crippen LogP contribution in [0.1, 0.15) is 13.8 Å². The molecule has 0 heterocycles. The van der Waals surface area contributed by atoms with Crippen LogP contribution in [0.4, 0.5) is 23.7 Å². The summed E-state index contributed by atoms with van der Waals surface area (Å²) in [5, 5.41) is 16.0. The first-order chi connectivity index (χ1) is 12.5. The van der Waals surface area contributed by atoms with Gasteiger partial charge in [-0.2, -0.15) is 13.2 Å². The molecule has 0 fully saturated rings. The first-order valence-corrected chi connectivity index (χ1v) is 9.22. The summed E-state index contributed by atoms with van der Waals surface area (Å²) in [5.41, 5.74) is -0.463. The van der Waals surface area contributed by atoms with E-state index in [0.717, 1.165) is 22.0 Å². The minimum Gasteiger partial charge on any atom is -0.508 e. The van der Waals surface area contributed by atoms with E-state index in [2.05, 4.69) is 42.5 Å². The van der Waals surface area contributed by atoms with Crippen molar-refractivity contribution in [1.29, 1.82) is 0 Å². The molecular formula is C18H15Br2F3N2O2. The summed E-state index contributed by atoms with van der Waals surface area (Å²) >= 11 is 6.74. The summed E-state index contributed by atoms with van der Waals surface area (Å²) in [5.74, 6) is 0.00920. The molecule has 0 saturated heterocycles. The molecule has 2 amide bonds. The Balaban J connectivity index is 2.30. The lowest BCUT2D eigenvalue weighted by Gasteiger charge is -2.14. The molecule has 27 heavy (non-hydrogen) atoms. The summed E-state index contributed by atoms with van der Waals surface area (Å²) in [6.07, 6.45) is -2.73. The van der Waals surface area contributed by atoms with E-state index in [1.54, 1.807) is 12.1 Å². The van der Waals surface area contributed by atoms with Crippen molar-refractivity contribution in [1.82, 2.24) is 5.32 Å². The number of aromatic hydroxyl groups is 1. The molecule has 0 bridgehead atoms. The third-order valence-electron chi connectivity index (χ3n) is 3.58. The minimum atomic E-state index is -4.50. The maximum absolute atomic E-state index is 12.8. The number of rotatable bonds is 3. The average molecular weight is 508 g/mol. The molecule has 0 aliphatic carbocycles. The van der Waals surface area contributed by atoms with Crippen molar-refractivity contribution in [2.45, 2.75) is 20.0 Å². The van der Waals surface area contributed by atoms with E-state index in [4.69, 9.17) is 0 Å². The number of phenols is 1. The van der Waals surface area contributed by atoms with Gasteiger partial charge in [-0.3, -0.25) is 0 Å². The zero-order valence-electron chi connectivity index (χ0n) is 14.2. The third kappa shape index (κ3) is 5.26. The SMILES string of the molecule is C/C=C(\C=C(/C)NC(=O)Nc1c(Br)cc(Br)c2ccc(O)cc12)C(F)(F)F. The number of hydrogen-bond donors (Lipinski definition) is 3. The number of hydrogen-bond acceptors (Lipinski definition) is 2. The van der Waals surface area contributed by atoms with Gasteiger partial charge in [-0.25, -0.2) is 4.79 Å². The van der Waals surface area contributed by atoms with Crippen molar-refractivity contribution >= 4 is 54.4 Å². The van der Waals surface area contributed by atoms with Gasteiger partial charge in [0, 0.05) is 20.0 Å². The van der Waals surface area contributed by atoms with Crippen LogP contribution >= 0.6 is 31.9 Å². The van der Waals surface area contributed by atoms with Gasteiger partial charge in [-0.1, -0.05) is 22.0 Å². The minimum absolute atomic E-state index is 0.00920. The number of fused-ring (bicyclic) bond motifs is 1. The fourth-order valence-electron chi connectivity index (χ4n) is 2.39. The van der Waals surface area contributed by atoms with Crippen LogP contribution in [-0.2, 0) is 0 Å². The molecule has 0 aliphatic rings. The summed E-state index contributed by atoms with van der Waals surface area (Å²) in [7, 11) is 0. The van der Waals surface area contributed by atoms with Crippen LogP contribution < -0.4 is 10.6 Å². The Bertz CT molecular complexity index is 954. The Morgan fingerprint density at radius 3 is 2.41 bits per heavy atom. The number of phenolic OH excluding ortho intramolecular Hbond substituents is 1. The van der Waals surface area contributed by atoms with Crippen LogP contribution in [0.3, 0.4) is 0 Å². The molecule has 0 spiro atoms. The quantitative estimate of drug-likeness (QED) is 0.409. The van der Waals surface area contributed by atoms with Crippen LogP contribution in [-0.4, -0.2) is 17.3 Å². The van der Waals surface area contributed by atoms with Gasteiger partial charge in [0.1, 0.15) is 5.75 Å². The standard InChI is InChI=1S/C18H15Br2F3N2O2/c1-3-10(18(21,22)23)6-9(2)24-17(27)25-16-13-7-11(26)4-5-12(13)14(19)8-15(16)20/h3-8,26H,1-2H3,(H2,24,25,27)/b9-6+,10-3+. The number of anilines is 1. The zero-order valence-corrected chi connectivity index (χ0v) is 17.4. The molecule has 2 aromatic carbocycles. The molecule has 4 nitrogen and oxygen atoms in total. The lowest BCUT2D eigenvalue weighted by Crippen LogP contribution is -2.28. The highest BCUT2D eigenvalue weighted by Gasteiger charge is 2.31. The van der Waals surface area contributed by atoms with Crippen molar-refractivity contribution in [2.75, 3.05) is 5.32 Å². The second-order valence-electron chi connectivity index (χ2n) is 5.59. The third-order valence-corrected chi connectivity index (χ3v) is 4.86. The average Bonchev–Trinajstić information content (AvgIpc) is 2.55. The molecule has 3 N–H and O–H groups in total. The highest BCUT2D eigenvalue weighted by Crippen LogP contribution is 2.38. The van der Waals surface area contributed by atoms with Gasteiger partial charge in [-0.05, 0) is 65.5 Å². The number of amides is 2.